The molecule has 1 atom stereocenters. The van der Waals surface area contributed by atoms with Gasteiger partial charge in [0.05, 0.1) is 6.61 Å². The molecule has 0 aliphatic heterocycles. The van der Waals surface area contributed by atoms with Crippen molar-refractivity contribution >= 4 is 28.6 Å². The molecule has 66 valence electrons. The molecule has 11 heavy (non-hydrogen) atoms. The van der Waals surface area contributed by atoms with Gasteiger partial charge < -0.3 is 4.74 Å². The van der Waals surface area contributed by atoms with Crippen LogP contribution in [0.5, 0.6) is 0 Å². The standard InChI is InChI=1S/C5H6F3IO2/c1-2-11-4(10)3(6)5(7,8)9/h3H,2H2,1H3. The molecule has 0 saturated carbocycles. The van der Waals surface area contributed by atoms with E-state index < -0.39 is 16.1 Å². The molecule has 0 saturated heterocycles. The average molecular weight is 282 g/mol. The largest absolute Gasteiger partial charge is 0.464 e. The SMILES string of the molecule is CCOC(=O)C(F)C(F)(F)I. The highest BCUT2D eigenvalue weighted by Crippen LogP contribution is 2.29. The van der Waals surface area contributed by atoms with Crippen LogP contribution in [0.25, 0.3) is 0 Å². The molecule has 0 spiro atoms. The van der Waals surface area contributed by atoms with E-state index in [1.165, 1.54) is 6.92 Å². The van der Waals surface area contributed by atoms with Gasteiger partial charge in [-0.2, -0.15) is 8.78 Å². The average Bonchev–Trinajstić information content (AvgIpc) is 1.85. The van der Waals surface area contributed by atoms with Crippen LogP contribution < -0.4 is 0 Å². The summed E-state index contributed by atoms with van der Waals surface area (Å²) in [6, 6.07) is 0. The van der Waals surface area contributed by atoms with E-state index in [1.807, 2.05) is 0 Å². The second-order valence-electron chi connectivity index (χ2n) is 1.66. The van der Waals surface area contributed by atoms with E-state index in [2.05, 4.69) is 4.74 Å². The van der Waals surface area contributed by atoms with Gasteiger partial charge in [0.1, 0.15) is 0 Å². The van der Waals surface area contributed by atoms with Crippen LogP contribution in [0.1, 0.15) is 6.92 Å². The van der Waals surface area contributed by atoms with Crippen LogP contribution >= 0.6 is 22.6 Å². The summed E-state index contributed by atoms with van der Waals surface area (Å²) in [6.07, 6.45) is -2.87. The number of alkyl halides is 4. The van der Waals surface area contributed by atoms with Gasteiger partial charge in [-0.05, 0) is 6.92 Å². The van der Waals surface area contributed by atoms with Gasteiger partial charge in [-0.15, -0.1) is 0 Å². The Hall–Kier alpha value is -0.0100. The summed E-state index contributed by atoms with van der Waals surface area (Å²) in [6.45, 7) is 1.31. The minimum Gasteiger partial charge on any atom is -0.464 e. The number of hydrogen-bond donors (Lipinski definition) is 0. The molecule has 0 aliphatic carbocycles. The number of carbonyl (C=O) groups excluding carboxylic acids is 1. The van der Waals surface area contributed by atoms with Crippen LogP contribution in [-0.2, 0) is 9.53 Å². The Balaban J connectivity index is 4.03. The Kier molecular flexibility index (Phi) is 4.12. The predicted octanol–water partition coefficient (Wildman–Crippen LogP) is 1.92. The molecule has 0 radical (unpaired) electrons. The minimum absolute atomic E-state index is 0.105. The Morgan fingerprint density at radius 3 is 2.45 bits per heavy atom. The van der Waals surface area contributed by atoms with Crippen molar-refractivity contribution in [1.82, 2.24) is 0 Å². The lowest BCUT2D eigenvalue weighted by atomic mass is 10.4. The lowest BCUT2D eigenvalue weighted by Gasteiger charge is -2.11. The Morgan fingerprint density at radius 1 is 1.73 bits per heavy atom. The molecular weight excluding hydrogens is 276 g/mol. The molecule has 0 fully saturated rings. The molecule has 6 heteroatoms. The van der Waals surface area contributed by atoms with E-state index >= 15 is 0 Å². The van der Waals surface area contributed by atoms with Gasteiger partial charge in [0.2, 0.25) is 0 Å². The lowest BCUT2D eigenvalue weighted by Crippen LogP contribution is -2.32. The molecule has 0 aromatic rings. The summed E-state index contributed by atoms with van der Waals surface area (Å²) in [4.78, 5) is 10.3. The van der Waals surface area contributed by atoms with Crippen molar-refractivity contribution in [3.8, 4) is 0 Å². The third-order valence-electron chi connectivity index (χ3n) is 0.781. The Morgan fingerprint density at radius 2 is 2.18 bits per heavy atom. The number of ether oxygens (including phenoxy) is 1. The first-order valence-electron chi connectivity index (χ1n) is 2.77. The fraction of sp³-hybridized carbons (Fsp3) is 0.800. The van der Waals surface area contributed by atoms with Gasteiger partial charge in [0, 0.05) is 22.6 Å². The Bertz CT molecular complexity index is 145. The van der Waals surface area contributed by atoms with E-state index in [1.54, 1.807) is 0 Å². The minimum atomic E-state index is -3.69. The van der Waals surface area contributed by atoms with E-state index in [0.717, 1.165) is 0 Å². The molecule has 0 rings (SSSR count). The molecule has 0 heterocycles. The molecule has 0 aliphatic rings. The molecule has 2 nitrogen and oxygen atoms in total. The summed E-state index contributed by atoms with van der Waals surface area (Å²) in [5.41, 5.74) is 0. The van der Waals surface area contributed by atoms with Gasteiger partial charge >= 0.3 is 9.90 Å². The highest BCUT2D eigenvalue weighted by atomic mass is 127. The zero-order valence-corrected chi connectivity index (χ0v) is 7.77. The molecule has 0 aromatic heterocycles. The first-order chi connectivity index (χ1) is 4.89. The molecule has 0 aromatic carbocycles. The zero-order valence-electron chi connectivity index (χ0n) is 5.61. The first-order valence-corrected chi connectivity index (χ1v) is 3.85. The first kappa shape index (κ1) is 11.0. The van der Waals surface area contributed by atoms with Crippen molar-refractivity contribution in [3.05, 3.63) is 0 Å². The van der Waals surface area contributed by atoms with Crippen molar-refractivity contribution < 1.29 is 22.7 Å². The molecule has 0 amide bonds. The van der Waals surface area contributed by atoms with Crippen LogP contribution in [0.4, 0.5) is 13.2 Å². The van der Waals surface area contributed by atoms with Crippen LogP contribution in [-0.4, -0.2) is 22.7 Å². The lowest BCUT2D eigenvalue weighted by molar-refractivity contribution is -0.155. The number of rotatable bonds is 3. The number of halogens is 4. The number of carbonyl (C=O) groups is 1. The van der Waals surface area contributed by atoms with Crippen molar-refractivity contribution in [2.45, 2.75) is 17.0 Å². The number of hydrogen-bond acceptors (Lipinski definition) is 2. The highest BCUT2D eigenvalue weighted by Gasteiger charge is 2.43. The number of esters is 1. The quantitative estimate of drug-likeness (QED) is 0.449. The molecule has 1 unspecified atom stereocenters. The van der Waals surface area contributed by atoms with E-state index in [-0.39, 0.29) is 6.61 Å². The maximum absolute atomic E-state index is 12.3. The van der Waals surface area contributed by atoms with Crippen molar-refractivity contribution in [2.24, 2.45) is 0 Å². The maximum Gasteiger partial charge on any atom is 0.348 e. The predicted molar refractivity (Wildman–Crippen MR) is 40.5 cm³/mol. The maximum atomic E-state index is 12.3. The van der Waals surface area contributed by atoms with Gasteiger partial charge in [-0.25, -0.2) is 9.18 Å². The topological polar surface area (TPSA) is 26.3 Å². The summed E-state index contributed by atoms with van der Waals surface area (Å²) in [5.74, 6) is -1.52. The van der Waals surface area contributed by atoms with Crippen LogP contribution in [0.2, 0.25) is 0 Å². The van der Waals surface area contributed by atoms with Crippen LogP contribution in [0.3, 0.4) is 0 Å². The van der Waals surface area contributed by atoms with Crippen molar-refractivity contribution in [2.75, 3.05) is 6.61 Å². The van der Waals surface area contributed by atoms with Crippen LogP contribution in [0, 0.1) is 0 Å². The zero-order chi connectivity index (χ0) is 9.07. The third kappa shape index (κ3) is 3.78. The van der Waals surface area contributed by atoms with E-state index in [9.17, 15) is 18.0 Å². The van der Waals surface area contributed by atoms with Crippen molar-refractivity contribution in [1.29, 1.82) is 0 Å². The summed E-state index contributed by atoms with van der Waals surface area (Å²) in [5, 5.41) is 0. The summed E-state index contributed by atoms with van der Waals surface area (Å²) in [7, 11) is 0. The monoisotopic (exact) mass is 282 g/mol. The normalized spacial score (nSPS) is 14.3. The second kappa shape index (κ2) is 4.13. The molecular formula is C5H6F3IO2. The second-order valence-corrected chi connectivity index (χ2v) is 3.09. The van der Waals surface area contributed by atoms with E-state index in [0.29, 0.717) is 22.6 Å². The van der Waals surface area contributed by atoms with Gasteiger partial charge in [-0.3, -0.25) is 0 Å². The van der Waals surface area contributed by atoms with Gasteiger partial charge in [0.15, 0.2) is 0 Å². The molecule has 0 bridgehead atoms. The fourth-order valence-electron chi connectivity index (χ4n) is 0.349. The Labute approximate surface area is 75.2 Å². The summed E-state index contributed by atoms with van der Waals surface area (Å²) < 4.78 is 36.6. The van der Waals surface area contributed by atoms with Gasteiger partial charge in [0.25, 0.3) is 6.17 Å². The fourth-order valence-corrected chi connectivity index (χ4v) is 0.603. The van der Waals surface area contributed by atoms with Gasteiger partial charge in [-0.1, -0.05) is 0 Å². The van der Waals surface area contributed by atoms with Crippen LogP contribution in [0.15, 0.2) is 0 Å². The van der Waals surface area contributed by atoms with E-state index in [4.69, 9.17) is 0 Å². The highest BCUT2D eigenvalue weighted by molar-refractivity contribution is 14.1. The summed E-state index contributed by atoms with van der Waals surface area (Å²) >= 11 is 0.548. The van der Waals surface area contributed by atoms with Crippen molar-refractivity contribution in [3.63, 3.8) is 0 Å². The smallest absolute Gasteiger partial charge is 0.348 e. The third-order valence-corrected chi connectivity index (χ3v) is 1.33. The molecule has 0 N–H and O–H groups in total.